The Morgan fingerprint density at radius 2 is 1.53 bits per heavy atom. The van der Waals surface area contributed by atoms with Crippen LogP contribution in [0.1, 0.15) is 111 Å². The lowest BCUT2D eigenvalue weighted by atomic mass is 9.32. The molecule has 5 saturated carbocycles. The summed E-state index contributed by atoms with van der Waals surface area (Å²) in [5.41, 5.74) is 4.51. The van der Waals surface area contributed by atoms with Crippen molar-refractivity contribution in [3.8, 4) is 0 Å². The van der Waals surface area contributed by atoms with Crippen molar-refractivity contribution in [3.05, 3.63) is 48.0 Å². The summed E-state index contributed by atoms with van der Waals surface area (Å²) in [6, 6.07) is 11.0. The van der Waals surface area contributed by atoms with Crippen molar-refractivity contribution < 1.29 is 5.11 Å². The smallest absolute Gasteiger partial charge is 0.0594 e. The maximum absolute atomic E-state index is 11.1. The first kappa shape index (κ1) is 34.3. The molecule has 1 aromatic carbocycles. The molecule has 1 aliphatic heterocycles. The van der Waals surface area contributed by atoms with Crippen LogP contribution in [0.25, 0.3) is 0 Å². The molecule has 0 unspecified atom stereocenters. The highest BCUT2D eigenvalue weighted by Crippen LogP contribution is 2.77. The van der Waals surface area contributed by atoms with Crippen molar-refractivity contribution in [3.63, 3.8) is 0 Å². The number of hydrogen-bond acceptors (Lipinski definition) is 4. The fourth-order valence-electron chi connectivity index (χ4n) is 14.2. The lowest BCUT2D eigenvalue weighted by Crippen LogP contribution is -2.67. The molecule has 1 saturated heterocycles. The summed E-state index contributed by atoms with van der Waals surface area (Å²) in [6.07, 6.45) is 13.1. The first-order chi connectivity index (χ1) is 22.3. The lowest BCUT2D eigenvalue weighted by Gasteiger charge is -2.73. The Kier molecular flexibility index (Phi) is 9.14. The lowest BCUT2D eigenvalue weighted by molar-refractivity contribution is -0.247. The second-order valence-electron chi connectivity index (χ2n) is 19.2. The van der Waals surface area contributed by atoms with Crippen molar-refractivity contribution in [1.29, 1.82) is 0 Å². The second-order valence-corrected chi connectivity index (χ2v) is 19.2. The zero-order valence-corrected chi connectivity index (χ0v) is 31.1. The summed E-state index contributed by atoms with van der Waals surface area (Å²) in [5.74, 6) is 3.70. The van der Waals surface area contributed by atoms with Crippen LogP contribution in [-0.4, -0.2) is 66.8 Å². The van der Waals surface area contributed by atoms with Crippen molar-refractivity contribution in [2.45, 2.75) is 118 Å². The van der Waals surface area contributed by atoms with E-state index in [1.54, 1.807) is 0 Å². The molecule has 0 radical (unpaired) electrons. The Balaban J connectivity index is 1.02. The highest BCUT2D eigenvalue weighted by Gasteiger charge is 2.70. The monoisotopic (exact) mass is 644 g/mol. The molecule has 10 atom stereocenters. The summed E-state index contributed by atoms with van der Waals surface area (Å²) in [7, 11) is 0. The number of aliphatic hydroxyl groups is 1. The van der Waals surface area contributed by atoms with E-state index in [-0.39, 0.29) is 11.5 Å². The third kappa shape index (κ3) is 5.53. The number of rotatable bonds is 8. The Hall–Kier alpha value is -1.20. The Morgan fingerprint density at radius 1 is 0.809 bits per heavy atom. The molecule has 262 valence electrons. The second kappa shape index (κ2) is 12.5. The van der Waals surface area contributed by atoms with Crippen LogP contribution >= 0.6 is 0 Å². The van der Waals surface area contributed by atoms with Crippen molar-refractivity contribution in [2.24, 2.45) is 56.7 Å². The van der Waals surface area contributed by atoms with E-state index in [0.717, 1.165) is 37.3 Å². The third-order valence-electron chi connectivity index (χ3n) is 17.0. The minimum absolute atomic E-state index is 0.0334. The largest absolute Gasteiger partial charge is 0.393 e. The van der Waals surface area contributed by atoms with E-state index < -0.39 is 0 Å². The number of benzene rings is 1. The minimum atomic E-state index is -0.140. The molecule has 0 amide bonds. The van der Waals surface area contributed by atoms with E-state index in [0.29, 0.717) is 33.5 Å². The Bertz CT molecular complexity index is 1270. The topological polar surface area (TPSA) is 38.7 Å². The molecule has 1 heterocycles. The predicted molar refractivity (Wildman–Crippen MR) is 196 cm³/mol. The summed E-state index contributed by atoms with van der Waals surface area (Å²) < 4.78 is 0. The molecular weight excluding hydrogens is 574 g/mol. The normalized spacial score (nSPS) is 45.0. The number of nitrogens with zero attached hydrogens (tertiary/aromatic N) is 2. The molecule has 47 heavy (non-hydrogen) atoms. The molecule has 7 rings (SSSR count). The summed E-state index contributed by atoms with van der Waals surface area (Å²) in [5, 5.41) is 15.2. The number of hydrogen-bond donors (Lipinski definition) is 2. The average Bonchev–Trinajstić information content (AvgIpc) is 3.43. The van der Waals surface area contributed by atoms with Gasteiger partial charge >= 0.3 is 0 Å². The van der Waals surface area contributed by atoms with Crippen LogP contribution in [-0.2, 0) is 6.54 Å². The van der Waals surface area contributed by atoms with Crippen LogP contribution in [0.4, 0.5) is 0 Å². The molecule has 5 aliphatic carbocycles. The quantitative estimate of drug-likeness (QED) is 0.220. The standard InChI is InChI=1S/C43H69N3O/c1-31(2)33-15-20-43(30-44-23-24-45-25-27-46(28-26-45)29-32-11-9-8-10-12-32)22-21-41(6)34(38(33)43)13-14-36-40(5)18-17-37(47)39(3,4)35(40)16-19-42(36,41)7/h8-12,33-38,44,47H,1,13-30H2,2-7H3/t33-,34+,35-,36+,37-,38+,40-,41+,42+,43+/m0/s1. The maximum atomic E-state index is 11.1. The number of allylic oxidation sites excluding steroid dienone is 1. The SMILES string of the molecule is C=C(C)[C@@H]1CC[C@]2(CNCCN3CCN(Cc4ccccc4)CC3)CC[C@]3(C)[C@H](CC[C@@H]4[C@@]5(C)CC[C@H](O)C(C)(C)[C@@H]5CC[C@]43C)[C@@H]12. The van der Waals surface area contributed by atoms with Gasteiger partial charge in [0.05, 0.1) is 6.10 Å². The molecule has 4 heteroatoms. The maximum Gasteiger partial charge on any atom is 0.0594 e. The van der Waals surface area contributed by atoms with Crippen molar-refractivity contribution >= 4 is 0 Å². The fraction of sp³-hybridized carbons (Fsp3) is 0.814. The van der Waals surface area contributed by atoms with Gasteiger partial charge < -0.3 is 10.4 Å². The summed E-state index contributed by atoms with van der Waals surface area (Å²) in [6.45, 7) is 29.3. The molecule has 6 aliphatic rings. The third-order valence-corrected chi connectivity index (χ3v) is 17.0. The van der Waals surface area contributed by atoms with Gasteiger partial charge in [-0.3, -0.25) is 9.80 Å². The van der Waals surface area contributed by atoms with Gasteiger partial charge in [-0.25, -0.2) is 0 Å². The molecule has 0 spiro atoms. The average molecular weight is 644 g/mol. The van der Waals surface area contributed by atoms with E-state index >= 15 is 0 Å². The van der Waals surface area contributed by atoms with Gasteiger partial charge in [-0.15, -0.1) is 0 Å². The Labute approximate surface area is 288 Å². The van der Waals surface area contributed by atoms with Gasteiger partial charge in [0.15, 0.2) is 0 Å². The summed E-state index contributed by atoms with van der Waals surface area (Å²) in [4.78, 5) is 5.32. The van der Waals surface area contributed by atoms with Crippen LogP contribution in [0.3, 0.4) is 0 Å². The van der Waals surface area contributed by atoms with E-state index in [4.69, 9.17) is 0 Å². The highest BCUT2D eigenvalue weighted by molar-refractivity contribution is 5.22. The van der Waals surface area contributed by atoms with Crippen molar-refractivity contribution in [1.82, 2.24) is 15.1 Å². The van der Waals surface area contributed by atoms with Gasteiger partial charge in [-0.05, 0) is 133 Å². The molecule has 2 N–H and O–H groups in total. The van der Waals surface area contributed by atoms with Crippen LogP contribution in [0.5, 0.6) is 0 Å². The minimum Gasteiger partial charge on any atom is -0.393 e. The van der Waals surface area contributed by atoms with E-state index in [1.807, 2.05) is 0 Å². The number of piperazine rings is 1. The van der Waals surface area contributed by atoms with Gasteiger partial charge in [-0.1, -0.05) is 77.1 Å². The van der Waals surface area contributed by atoms with Gasteiger partial charge in [-0.2, -0.15) is 0 Å². The van der Waals surface area contributed by atoms with Crippen LogP contribution in [0, 0.1) is 56.7 Å². The Morgan fingerprint density at radius 3 is 2.26 bits per heavy atom. The van der Waals surface area contributed by atoms with Crippen molar-refractivity contribution in [2.75, 3.05) is 45.8 Å². The van der Waals surface area contributed by atoms with E-state index in [2.05, 4.69) is 93.6 Å². The van der Waals surface area contributed by atoms with Gasteiger partial charge in [0.2, 0.25) is 0 Å². The van der Waals surface area contributed by atoms with Gasteiger partial charge in [0.25, 0.3) is 0 Å². The van der Waals surface area contributed by atoms with Gasteiger partial charge in [0, 0.05) is 52.4 Å². The molecule has 0 aromatic heterocycles. The van der Waals surface area contributed by atoms with E-state index in [9.17, 15) is 5.11 Å². The van der Waals surface area contributed by atoms with Crippen LogP contribution < -0.4 is 5.32 Å². The highest BCUT2D eigenvalue weighted by atomic mass is 16.3. The fourth-order valence-corrected chi connectivity index (χ4v) is 14.2. The predicted octanol–water partition coefficient (Wildman–Crippen LogP) is 8.41. The number of fused-ring (bicyclic) bond motifs is 7. The molecule has 6 fully saturated rings. The van der Waals surface area contributed by atoms with Crippen LogP contribution in [0.15, 0.2) is 42.5 Å². The number of nitrogens with one attached hydrogen (secondary N) is 1. The molecule has 0 bridgehead atoms. The van der Waals surface area contributed by atoms with E-state index in [1.165, 1.54) is 108 Å². The zero-order valence-electron chi connectivity index (χ0n) is 31.1. The molecular formula is C43H69N3O. The summed E-state index contributed by atoms with van der Waals surface area (Å²) >= 11 is 0. The first-order valence-electron chi connectivity index (χ1n) is 19.9. The van der Waals surface area contributed by atoms with Gasteiger partial charge in [0.1, 0.15) is 0 Å². The molecule has 4 nitrogen and oxygen atoms in total. The van der Waals surface area contributed by atoms with Crippen LogP contribution in [0.2, 0.25) is 0 Å². The first-order valence-corrected chi connectivity index (χ1v) is 19.9. The molecule has 1 aromatic rings. The zero-order chi connectivity index (χ0) is 33.2. The number of aliphatic hydroxyl groups excluding tert-OH is 1.